The second-order valence-corrected chi connectivity index (χ2v) is 7.63. The Balaban J connectivity index is 2.28. The summed E-state index contributed by atoms with van der Waals surface area (Å²) in [6.45, 7) is 1.56. The topological polar surface area (TPSA) is 84.9 Å². The molecule has 140 valence electrons. The van der Waals surface area contributed by atoms with Crippen LogP contribution in [0, 0.1) is 6.92 Å². The largest absolute Gasteiger partial charge is 0.497 e. The molecule has 0 aliphatic heterocycles. The van der Waals surface area contributed by atoms with E-state index < -0.39 is 15.9 Å². The predicted molar refractivity (Wildman–Crippen MR) is 102 cm³/mol. The van der Waals surface area contributed by atoms with Gasteiger partial charge in [0.15, 0.2) is 0 Å². The zero-order chi connectivity index (χ0) is 19.3. The summed E-state index contributed by atoms with van der Waals surface area (Å²) < 4.78 is 35.9. The van der Waals surface area contributed by atoms with Crippen LogP contribution in [0.3, 0.4) is 0 Å². The van der Waals surface area contributed by atoms with Crippen LogP contribution >= 0.6 is 0 Å². The highest BCUT2D eigenvalue weighted by Gasteiger charge is 2.24. The molecule has 2 aromatic rings. The standard InChI is InChI=1S/C18H22N2O5S/c1-13-5-7-14(8-6-13)19-18(21)12-20(26(4,22)23)16-10-9-15(24-2)11-17(16)25-3/h5-11H,12H2,1-4H3,(H,19,21). The number of hydrogen-bond acceptors (Lipinski definition) is 5. The first-order valence-corrected chi connectivity index (χ1v) is 9.65. The van der Waals surface area contributed by atoms with Crippen molar-refractivity contribution in [2.45, 2.75) is 6.92 Å². The van der Waals surface area contributed by atoms with Gasteiger partial charge in [-0.15, -0.1) is 0 Å². The maximum atomic E-state index is 12.4. The molecule has 0 aliphatic carbocycles. The lowest BCUT2D eigenvalue weighted by atomic mass is 10.2. The van der Waals surface area contributed by atoms with E-state index in [0.29, 0.717) is 11.4 Å². The Kier molecular flexibility index (Phi) is 6.10. The third-order valence-corrected chi connectivity index (χ3v) is 4.80. The third kappa shape index (κ3) is 4.89. The highest BCUT2D eigenvalue weighted by molar-refractivity contribution is 7.92. The SMILES string of the molecule is COc1ccc(N(CC(=O)Nc2ccc(C)cc2)S(C)(=O)=O)c(OC)c1. The van der Waals surface area contributed by atoms with Gasteiger partial charge < -0.3 is 14.8 Å². The van der Waals surface area contributed by atoms with Gasteiger partial charge >= 0.3 is 0 Å². The summed E-state index contributed by atoms with van der Waals surface area (Å²) in [6, 6.07) is 11.9. The van der Waals surface area contributed by atoms with E-state index in [1.165, 1.54) is 20.3 Å². The molecule has 0 bridgehead atoms. The van der Waals surface area contributed by atoms with Crippen LogP contribution in [0.2, 0.25) is 0 Å². The Bertz CT molecular complexity index is 879. The number of nitrogens with one attached hydrogen (secondary N) is 1. The summed E-state index contributed by atoms with van der Waals surface area (Å²) in [5, 5.41) is 2.69. The molecule has 1 amide bonds. The minimum atomic E-state index is -3.71. The average Bonchev–Trinajstić information content (AvgIpc) is 2.60. The summed E-state index contributed by atoms with van der Waals surface area (Å²) in [7, 11) is -0.793. The van der Waals surface area contributed by atoms with Crippen molar-refractivity contribution in [2.75, 3.05) is 36.6 Å². The summed E-state index contributed by atoms with van der Waals surface area (Å²) in [6.07, 6.45) is 1.04. The molecule has 7 nitrogen and oxygen atoms in total. The van der Waals surface area contributed by atoms with Crippen molar-refractivity contribution < 1.29 is 22.7 Å². The Morgan fingerprint density at radius 3 is 2.27 bits per heavy atom. The van der Waals surface area contributed by atoms with E-state index in [1.807, 2.05) is 19.1 Å². The van der Waals surface area contributed by atoms with Crippen molar-refractivity contribution in [3.63, 3.8) is 0 Å². The van der Waals surface area contributed by atoms with Crippen LogP contribution < -0.4 is 19.1 Å². The van der Waals surface area contributed by atoms with Crippen molar-refractivity contribution in [1.29, 1.82) is 0 Å². The summed E-state index contributed by atoms with van der Waals surface area (Å²) in [5.74, 6) is 0.346. The smallest absolute Gasteiger partial charge is 0.245 e. The lowest BCUT2D eigenvalue weighted by Gasteiger charge is -2.24. The lowest BCUT2D eigenvalue weighted by molar-refractivity contribution is -0.114. The van der Waals surface area contributed by atoms with Crippen molar-refractivity contribution >= 4 is 27.3 Å². The molecule has 26 heavy (non-hydrogen) atoms. The number of rotatable bonds is 7. The first-order chi connectivity index (χ1) is 12.2. The minimum Gasteiger partial charge on any atom is -0.497 e. The van der Waals surface area contributed by atoms with Crippen molar-refractivity contribution in [3.8, 4) is 11.5 Å². The number of amides is 1. The van der Waals surface area contributed by atoms with Gasteiger partial charge in [0.2, 0.25) is 15.9 Å². The Morgan fingerprint density at radius 1 is 1.08 bits per heavy atom. The number of ether oxygens (including phenoxy) is 2. The van der Waals surface area contributed by atoms with Crippen LogP contribution in [0.15, 0.2) is 42.5 Å². The molecule has 0 radical (unpaired) electrons. The van der Waals surface area contributed by atoms with Crippen LogP contribution in [-0.4, -0.2) is 41.3 Å². The van der Waals surface area contributed by atoms with Gasteiger partial charge in [-0.05, 0) is 31.2 Å². The van der Waals surface area contributed by atoms with Gasteiger partial charge in [-0.1, -0.05) is 17.7 Å². The van der Waals surface area contributed by atoms with E-state index >= 15 is 0 Å². The van der Waals surface area contributed by atoms with Crippen molar-refractivity contribution in [2.24, 2.45) is 0 Å². The number of anilines is 2. The molecule has 0 aromatic heterocycles. The Labute approximate surface area is 153 Å². The number of nitrogens with zero attached hydrogens (tertiary/aromatic N) is 1. The van der Waals surface area contributed by atoms with Crippen molar-refractivity contribution in [3.05, 3.63) is 48.0 Å². The van der Waals surface area contributed by atoms with E-state index in [1.54, 1.807) is 24.3 Å². The average molecular weight is 378 g/mol. The number of hydrogen-bond donors (Lipinski definition) is 1. The molecule has 0 atom stereocenters. The molecule has 0 heterocycles. The molecule has 0 fully saturated rings. The van der Waals surface area contributed by atoms with Crippen LogP contribution in [-0.2, 0) is 14.8 Å². The summed E-state index contributed by atoms with van der Waals surface area (Å²) in [5.41, 5.74) is 1.91. The molecule has 0 saturated carbocycles. The number of benzene rings is 2. The predicted octanol–water partition coefficient (Wildman–Crippen LogP) is 2.42. The zero-order valence-electron chi connectivity index (χ0n) is 15.1. The molecule has 0 unspecified atom stereocenters. The van der Waals surface area contributed by atoms with Crippen LogP contribution in [0.4, 0.5) is 11.4 Å². The van der Waals surface area contributed by atoms with Gasteiger partial charge in [0, 0.05) is 11.8 Å². The number of methoxy groups -OCH3 is 2. The molecule has 2 aromatic carbocycles. The number of carbonyl (C=O) groups is 1. The molecular weight excluding hydrogens is 356 g/mol. The first kappa shape index (κ1) is 19.6. The fourth-order valence-corrected chi connectivity index (χ4v) is 3.20. The van der Waals surface area contributed by atoms with Crippen LogP contribution in [0.25, 0.3) is 0 Å². The van der Waals surface area contributed by atoms with Gasteiger partial charge in [0.05, 0.1) is 26.2 Å². The molecule has 2 rings (SSSR count). The minimum absolute atomic E-state index is 0.259. The lowest BCUT2D eigenvalue weighted by Crippen LogP contribution is -2.37. The number of aryl methyl sites for hydroxylation is 1. The number of sulfonamides is 1. The fraction of sp³-hybridized carbons (Fsp3) is 0.278. The van der Waals surface area contributed by atoms with Gasteiger partial charge in [-0.2, -0.15) is 0 Å². The second-order valence-electron chi connectivity index (χ2n) is 5.72. The molecule has 8 heteroatoms. The van der Waals surface area contributed by atoms with Crippen LogP contribution in [0.1, 0.15) is 5.56 Å². The van der Waals surface area contributed by atoms with Gasteiger partial charge in [0.1, 0.15) is 18.0 Å². The number of carbonyl (C=O) groups excluding carboxylic acids is 1. The highest BCUT2D eigenvalue weighted by atomic mass is 32.2. The normalized spacial score (nSPS) is 10.9. The molecule has 1 N–H and O–H groups in total. The van der Waals surface area contributed by atoms with Gasteiger partial charge in [-0.25, -0.2) is 8.42 Å². The second kappa shape index (κ2) is 8.09. The highest BCUT2D eigenvalue weighted by Crippen LogP contribution is 2.33. The maximum Gasteiger partial charge on any atom is 0.245 e. The van der Waals surface area contributed by atoms with E-state index in [4.69, 9.17) is 9.47 Å². The zero-order valence-corrected chi connectivity index (χ0v) is 16.0. The first-order valence-electron chi connectivity index (χ1n) is 7.81. The fourth-order valence-electron chi connectivity index (χ4n) is 2.34. The molecule has 0 spiro atoms. The van der Waals surface area contributed by atoms with E-state index in [9.17, 15) is 13.2 Å². The van der Waals surface area contributed by atoms with E-state index in [-0.39, 0.29) is 18.0 Å². The van der Waals surface area contributed by atoms with Crippen LogP contribution in [0.5, 0.6) is 11.5 Å². The summed E-state index contributed by atoms with van der Waals surface area (Å²) >= 11 is 0. The Hall–Kier alpha value is -2.74. The monoisotopic (exact) mass is 378 g/mol. The van der Waals surface area contributed by atoms with Crippen molar-refractivity contribution in [1.82, 2.24) is 0 Å². The molecule has 0 saturated heterocycles. The quantitative estimate of drug-likeness (QED) is 0.800. The molecular formula is C18H22N2O5S. The van der Waals surface area contributed by atoms with Gasteiger partial charge in [-0.3, -0.25) is 9.10 Å². The third-order valence-electron chi connectivity index (χ3n) is 3.68. The van der Waals surface area contributed by atoms with E-state index in [2.05, 4.69) is 5.32 Å². The Morgan fingerprint density at radius 2 is 1.73 bits per heavy atom. The maximum absolute atomic E-state index is 12.4. The van der Waals surface area contributed by atoms with E-state index in [0.717, 1.165) is 16.1 Å². The summed E-state index contributed by atoms with van der Waals surface area (Å²) in [4.78, 5) is 12.4. The molecule has 0 aliphatic rings. The van der Waals surface area contributed by atoms with Gasteiger partial charge in [0.25, 0.3) is 0 Å².